The van der Waals surface area contributed by atoms with Crippen molar-refractivity contribution in [3.8, 4) is 0 Å². The van der Waals surface area contributed by atoms with Crippen LogP contribution in [0.1, 0.15) is 19.8 Å². The second-order valence-electron chi connectivity index (χ2n) is 3.82. The van der Waals surface area contributed by atoms with Gasteiger partial charge in [0.1, 0.15) is 5.69 Å². The molecule has 0 amide bonds. The summed E-state index contributed by atoms with van der Waals surface area (Å²) in [5, 5.41) is 25.2. The highest BCUT2D eigenvalue weighted by Crippen LogP contribution is 2.28. The van der Waals surface area contributed by atoms with Gasteiger partial charge in [0.05, 0.1) is 15.9 Å². The molecule has 0 fully saturated rings. The lowest BCUT2D eigenvalue weighted by molar-refractivity contribution is -0.393. The maximum Gasteiger partial charge on any atom is 0.301 e. The first-order valence-corrected chi connectivity index (χ1v) is 5.93. The minimum Gasteiger partial charge on any atom is -0.272 e. The molecule has 0 bridgehead atoms. The van der Waals surface area contributed by atoms with Crippen molar-refractivity contribution in [1.29, 1.82) is 0 Å². The molecular weight excluding hydrogens is 264 g/mol. The molecule has 8 nitrogen and oxygen atoms in total. The molecule has 1 aromatic rings. The Morgan fingerprint density at radius 3 is 2.65 bits per heavy atom. The van der Waals surface area contributed by atoms with Crippen LogP contribution in [-0.4, -0.2) is 16.1 Å². The molecule has 1 aromatic carbocycles. The van der Waals surface area contributed by atoms with E-state index in [1.807, 2.05) is 13.0 Å². The van der Waals surface area contributed by atoms with Crippen molar-refractivity contribution in [2.24, 2.45) is 5.10 Å². The third-order valence-electron chi connectivity index (χ3n) is 2.33. The Kier molecular flexibility index (Phi) is 5.82. The van der Waals surface area contributed by atoms with Gasteiger partial charge in [0.15, 0.2) is 0 Å². The van der Waals surface area contributed by atoms with E-state index in [-0.39, 0.29) is 11.4 Å². The Morgan fingerprint density at radius 2 is 2.05 bits per heavy atom. The van der Waals surface area contributed by atoms with Gasteiger partial charge in [-0.25, -0.2) is 0 Å². The van der Waals surface area contributed by atoms with Gasteiger partial charge >= 0.3 is 5.69 Å². The number of unbranched alkanes of at least 4 members (excludes halogenated alkanes) is 1. The standard InChI is InChI=1S/C12H14N4O4/c1-2-3-4-5-8-13-14-11-7-6-10(15(17)18)9-12(11)16(19)20/h4-9,14H,2-3H2,1H3/b5-4+,13-8+. The van der Waals surface area contributed by atoms with Gasteiger partial charge in [-0.3, -0.25) is 25.7 Å². The lowest BCUT2D eigenvalue weighted by Gasteiger charge is -2.01. The summed E-state index contributed by atoms with van der Waals surface area (Å²) < 4.78 is 0. The van der Waals surface area contributed by atoms with Crippen molar-refractivity contribution in [2.75, 3.05) is 5.43 Å². The smallest absolute Gasteiger partial charge is 0.272 e. The molecule has 0 atom stereocenters. The normalized spacial score (nSPS) is 11.1. The summed E-state index contributed by atoms with van der Waals surface area (Å²) in [6, 6.07) is 3.33. The van der Waals surface area contributed by atoms with E-state index in [1.165, 1.54) is 18.3 Å². The summed E-state index contributed by atoms with van der Waals surface area (Å²) in [6.07, 6.45) is 7.03. The number of nitro benzene ring substituents is 2. The SMILES string of the molecule is CCC/C=C/C=N/Nc1ccc([N+](=O)[O-])cc1[N+](=O)[O-]. The third kappa shape index (κ3) is 4.48. The zero-order valence-corrected chi connectivity index (χ0v) is 10.9. The first kappa shape index (κ1) is 15.3. The Labute approximate surface area is 115 Å². The van der Waals surface area contributed by atoms with Gasteiger partial charge in [0, 0.05) is 12.3 Å². The van der Waals surface area contributed by atoms with Crippen molar-refractivity contribution >= 4 is 23.3 Å². The van der Waals surface area contributed by atoms with E-state index in [2.05, 4.69) is 10.5 Å². The molecule has 0 heterocycles. The molecular formula is C12H14N4O4. The number of anilines is 1. The number of nitrogens with one attached hydrogen (secondary N) is 1. The number of nitro groups is 2. The van der Waals surface area contributed by atoms with Crippen LogP contribution in [0.3, 0.4) is 0 Å². The van der Waals surface area contributed by atoms with Crippen molar-refractivity contribution in [3.05, 3.63) is 50.6 Å². The highest BCUT2D eigenvalue weighted by atomic mass is 16.6. The van der Waals surface area contributed by atoms with Crippen LogP contribution < -0.4 is 5.43 Å². The minimum atomic E-state index is -0.697. The first-order chi connectivity index (χ1) is 9.56. The molecule has 106 valence electrons. The van der Waals surface area contributed by atoms with Crippen LogP contribution in [0.5, 0.6) is 0 Å². The molecule has 0 spiro atoms. The Hall–Kier alpha value is -2.77. The maximum atomic E-state index is 10.8. The van der Waals surface area contributed by atoms with E-state index in [4.69, 9.17) is 0 Å². The number of rotatable bonds is 7. The van der Waals surface area contributed by atoms with Gasteiger partial charge in [-0.2, -0.15) is 5.10 Å². The second-order valence-corrected chi connectivity index (χ2v) is 3.82. The van der Waals surface area contributed by atoms with E-state index in [9.17, 15) is 20.2 Å². The average Bonchev–Trinajstić information content (AvgIpc) is 2.42. The molecule has 0 aliphatic carbocycles. The molecule has 0 saturated carbocycles. The van der Waals surface area contributed by atoms with Gasteiger partial charge in [-0.05, 0) is 18.6 Å². The lowest BCUT2D eigenvalue weighted by Crippen LogP contribution is -1.98. The fourth-order valence-electron chi connectivity index (χ4n) is 1.35. The molecule has 1 rings (SSSR count). The van der Waals surface area contributed by atoms with E-state index >= 15 is 0 Å². The lowest BCUT2D eigenvalue weighted by atomic mass is 10.2. The Balaban J connectivity index is 2.84. The van der Waals surface area contributed by atoms with Crippen molar-refractivity contribution in [2.45, 2.75) is 19.8 Å². The zero-order valence-electron chi connectivity index (χ0n) is 10.9. The monoisotopic (exact) mass is 278 g/mol. The predicted octanol–water partition coefficient (Wildman–Crippen LogP) is 3.26. The summed E-state index contributed by atoms with van der Waals surface area (Å²) in [5.74, 6) is 0. The molecule has 0 aromatic heterocycles. The van der Waals surface area contributed by atoms with Gasteiger partial charge < -0.3 is 0 Å². The number of non-ortho nitro benzene ring substituents is 1. The van der Waals surface area contributed by atoms with E-state index in [0.717, 1.165) is 18.9 Å². The number of hydrogen-bond acceptors (Lipinski definition) is 6. The maximum absolute atomic E-state index is 10.8. The third-order valence-corrected chi connectivity index (χ3v) is 2.33. The van der Waals surface area contributed by atoms with Gasteiger partial charge in [-0.1, -0.05) is 19.4 Å². The van der Waals surface area contributed by atoms with Crippen LogP contribution in [0.25, 0.3) is 0 Å². The van der Waals surface area contributed by atoms with Crippen molar-refractivity contribution < 1.29 is 9.85 Å². The van der Waals surface area contributed by atoms with Crippen molar-refractivity contribution in [3.63, 3.8) is 0 Å². The van der Waals surface area contributed by atoms with Gasteiger partial charge in [-0.15, -0.1) is 0 Å². The molecule has 0 aliphatic heterocycles. The van der Waals surface area contributed by atoms with Crippen LogP contribution in [0, 0.1) is 20.2 Å². The van der Waals surface area contributed by atoms with Gasteiger partial charge in [0.25, 0.3) is 5.69 Å². The number of hydrazone groups is 1. The van der Waals surface area contributed by atoms with Gasteiger partial charge in [0.2, 0.25) is 0 Å². The Bertz CT molecular complexity index is 554. The predicted molar refractivity (Wildman–Crippen MR) is 75.9 cm³/mol. The first-order valence-electron chi connectivity index (χ1n) is 5.93. The topological polar surface area (TPSA) is 111 Å². The quantitative estimate of drug-likeness (QED) is 0.467. The van der Waals surface area contributed by atoms with Crippen molar-refractivity contribution in [1.82, 2.24) is 0 Å². The summed E-state index contributed by atoms with van der Waals surface area (Å²) >= 11 is 0. The summed E-state index contributed by atoms with van der Waals surface area (Å²) in [5.41, 5.74) is 1.86. The second kappa shape index (κ2) is 7.62. The summed E-state index contributed by atoms with van der Waals surface area (Å²) in [6.45, 7) is 2.04. The molecule has 0 unspecified atom stereocenters. The molecule has 8 heteroatoms. The number of allylic oxidation sites excluding steroid dienone is 2. The highest BCUT2D eigenvalue weighted by Gasteiger charge is 2.18. The molecule has 0 saturated heterocycles. The number of nitrogens with zero attached hydrogens (tertiary/aromatic N) is 3. The summed E-state index contributed by atoms with van der Waals surface area (Å²) in [4.78, 5) is 20.0. The van der Waals surface area contributed by atoms with Crippen LogP contribution in [0.4, 0.5) is 17.1 Å². The highest BCUT2D eigenvalue weighted by molar-refractivity contribution is 5.73. The number of hydrogen-bond donors (Lipinski definition) is 1. The van der Waals surface area contributed by atoms with Crippen LogP contribution >= 0.6 is 0 Å². The fourth-order valence-corrected chi connectivity index (χ4v) is 1.35. The van der Waals surface area contributed by atoms with Crippen LogP contribution in [-0.2, 0) is 0 Å². The van der Waals surface area contributed by atoms with E-state index < -0.39 is 15.5 Å². The summed E-state index contributed by atoms with van der Waals surface area (Å²) in [7, 11) is 0. The number of benzene rings is 1. The molecule has 1 N–H and O–H groups in total. The average molecular weight is 278 g/mol. The van der Waals surface area contributed by atoms with E-state index in [1.54, 1.807) is 6.08 Å². The zero-order chi connectivity index (χ0) is 15.0. The minimum absolute atomic E-state index is 0.0979. The Morgan fingerprint density at radius 1 is 1.30 bits per heavy atom. The largest absolute Gasteiger partial charge is 0.301 e. The molecule has 20 heavy (non-hydrogen) atoms. The molecule has 0 aliphatic rings. The molecule has 0 radical (unpaired) electrons. The van der Waals surface area contributed by atoms with Crippen LogP contribution in [0.2, 0.25) is 0 Å². The fraction of sp³-hybridized carbons (Fsp3) is 0.250. The van der Waals surface area contributed by atoms with E-state index in [0.29, 0.717) is 0 Å². The van der Waals surface area contributed by atoms with Crippen LogP contribution in [0.15, 0.2) is 35.5 Å².